The molecule has 0 aliphatic heterocycles. The molecule has 0 saturated heterocycles. The normalized spacial score (nSPS) is 10.6. The summed E-state index contributed by atoms with van der Waals surface area (Å²) < 4.78 is 6.93. The number of aryl methyl sites for hydroxylation is 2. The topological polar surface area (TPSA) is 82.2 Å². The molecule has 0 atom stereocenters. The maximum absolute atomic E-state index is 11.9. The summed E-state index contributed by atoms with van der Waals surface area (Å²) in [4.78, 5) is 11.9. The summed E-state index contributed by atoms with van der Waals surface area (Å²) in [7, 11) is 1.62. The number of aromatic nitrogens is 2. The second-order valence-electron chi connectivity index (χ2n) is 5.80. The average molecular weight is 336 g/mol. The van der Waals surface area contributed by atoms with Gasteiger partial charge in [-0.3, -0.25) is 10.2 Å². The van der Waals surface area contributed by atoms with Crippen molar-refractivity contribution in [1.82, 2.24) is 15.2 Å². The summed E-state index contributed by atoms with van der Waals surface area (Å²) in [5, 5.41) is 4.42. The van der Waals surface area contributed by atoms with Gasteiger partial charge in [0.1, 0.15) is 5.75 Å². The molecule has 0 bridgehead atoms. The van der Waals surface area contributed by atoms with E-state index in [1.807, 2.05) is 30.3 Å². The molecule has 0 radical (unpaired) electrons. The van der Waals surface area contributed by atoms with Crippen LogP contribution in [0.2, 0.25) is 0 Å². The second-order valence-corrected chi connectivity index (χ2v) is 5.80. The van der Waals surface area contributed by atoms with Crippen LogP contribution in [-0.2, 0) is 0 Å². The number of nitrogens with two attached hydrogens (primary N) is 1. The molecule has 25 heavy (non-hydrogen) atoms. The van der Waals surface area contributed by atoms with Crippen LogP contribution in [0.15, 0.2) is 48.5 Å². The van der Waals surface area contributed by atoms with Crippen molar-refractivity contribution in [3.63, 3.8) is 0 Å². The highest BCUT2D eigenvalue weighted by Gasteiger charge is 2.16. The number of amides is 1. The molecule has 3 aromatic rings. The Hall–Kier alpha value is -3.12. The number of hydrogen-bond donors (Lipinski definition) is 2. The van der Waals surface area contributed by atoms with Gasteiger partial charge in [-0.05, 0) is 61.4 Å². The zero-order chi connectivity index (χ0) is 18.0. The molecule has 0 fully saturated rings. The summed E-state index contributed by atoms with van der Waals surface area (Å²) in [5.74, 6) is 5.58. The minimum atomic E-state index is -0.433. The van der Waals surface area contributed by atoms with Crippen LogP contribution in [0.1, 0.15) is 21.6 Å². The van der Waals surface area contributed by atoms with Gasteiger partial charge in [0.15, 0.2) is 5.69 Å². The van der Waals surface area contributed by atoms with Crippen molar-refractivity contribution < 1.29 is 9.53 Å². The Bertz CT molecular complexity index is 914. The molecule has 2 aromatic carbocycles. The molecule has 0 spiro atoms. The fraction of sp³-hybridized carbons (Fsp3) is 0.158. The predicted molar refractivity (Wildman–Crippen MR) is 96.7 cm³/mol. The first-order chi connectivity index (χ1) is 12.0. The highest BCUT2D eigenvalue weighted by Crippen LogP contribution is 2.27. The van der Waals surface area contributed by atoms with Crippen LogP contribution in [0.5, 0.6) is 5.75 Å². The minimum absolute atomic E-state index is 0.256. The van der Waals surface area contributed by atoms with Crippen molar-refractivity contribution in [3.05, 3.63) is 65.4 Å². The van der Waals surface area contributed by atoms with Crippen molar-refractivity contribution in [2.45, 2.75) is 13.8 Å². The lowest BCUT2D eigenvalue weighted by Gasteiger charge is -2.10. The number of nitrogens with zero attached hydrogens (tertiary/aromatic N) is 2. The number of methoxy groups -OCH3 is 1. The first kappa shape index (κ1) is 16.7. The lowest BCUT2D eigenvalue weighted by Crippen LogP contribution is -2.30. The van der Waals surface area contributed by atoms with E-state index >= 15 is 0 Å². The summed E-state index contributed by atoms with van der Waals surface area (Å²) >= 11 is 0. The van der Waals surface area contributed by atoms with E-state index in [0.29, 0.717) is 0 Å². The molecule has 6 nitrogen and oxygen atoms in total. The molecule has 0 aliphatic carbocycles. The van der Waals surface area contributed by atoms with Crippen LogP contribution in [0, 0.1) is 13.8 Å². The molecule has 3 N–H and O–H groups in total. The molecule has 3 rings (SSSR count). The van der Waals surface area contributed by atoms with Gasteiger partial charge in [-0.1, -0.05) is 12.1 Å². The lowest BCUT2D eigenvalue weighted by atomic mass is 10.0. The zero-order valence-corrected chi connectivity index (χ0v) is 14.4. The van der Waals surface area contributed by atoms with Crippen LogP contribution in [0.25, 0.3) is 16.9 Å². The Labute approximate surface area is 146 Å². The number of nitrogens with one attached hydrogen (secondary N) is 1. The summed E-state index contributed by atoms with van der Waals surface area (Å²) in [6, 6.07) is 15.4. The van der Waals surface area contributed by atoms with E-state index in [-0.39, 0.29) is 5.69 Å². The molecule has 1 amide bonds. The smallest absolute Gasteiger partial charge is 0.285 e. The number of nitrogen functional groups attached to an aromatic ring is 1. The Balaban J connectivity index is 2.16. The molecule has 0 aliphatic rings. The first-order valence-corrected chi connectivity index (χ1v) is 7.86. The quantitative estimate of drug-likeness (QED) is 0.436. The van der Waals surface area contributed by atoms with Crippen LogP contribution in [-0.4, -0.2) is 22.8 Å². The SMILES string of the molecule is COc1ccc(-n2nc(C(=O)NN)cc2-c2ccc(C)c(C)c2)cc1. The van der Waals surface area contributed by atoms with E-state index in [1.54, 1.807) is 17.9 Å². The number of hydrogen-bond acceptors (Lipinski definition) is 4. The molecule has 0 unspecified atom stereocenters. The van der Waals surface area contributed by atoms with E-state index in [2.05, 4.69) is 36.5 Å². The third-order valence-electron chi connectivity index (χ3n) is 4.19. The fourth-order valence-corrected chi connectivity index (χ4v) is 2.59. The van der Waals surface area contributed by atoms with Gasteiger partial charge < -0.3 is 4.74 Å². The molecule has 6 heteroatoms. The number of ether oxygens (including phenoxy) is 1. The van der Waals surface area contributed by atoms with E-state index < -0.39 is 5.91 Å². The number of rotatable bonds is 4. The fourth-order valence-electron chi connectivity index (χ4n) is 2.59. The van der Waals surface area contributed by atoms with Gasteiger partial charge in [0, 0.05) is 5.56 Å². The molecule has 1 heterocycles. The number of carbonyl (C=O) groups excluding carboxylic acids is 1. The largest absolute Gasteiger partial charge is 0.497 e. The summed E-state index contributed by atoms with van der Waals surface area (Å²) in [5.41, 5.74) is 7.37. The predicted octanol–water partition coefficient (Wildman–Crippen LogP) is 2.77. The van der Waals surface area contributed by atoms with Gasteiger partial charge in [0.2, 0.25) is 0 Å². The van der Waals surface area contributed by atoms with Crippen molar-refractivity contribution >= 4 is 5.91 Å². The molecule has 1 aromatic heterocycles. The van der Waals surface area contributed by atoms with Gasteiger partial charge in [0.05, 0.1) is 18.5 Å². The van der Waals surface area contributed by atoms with Crippen LogP contribution in [0.4, 0.5) is 0 Å². The molecule has 128 valence electrons. The van der Waals surface area contributed by atoms with E-state index in [4.69, 9.17) is 10.6 Å². The minimum Gasteiger partial charge on any atom is -0.497 e. The summed E-state index contributed by atoms with van der Waals surface area (Å²) in [6.45, 7) is 4.12. The third kappa shape index (κ3) is 3.25. The maximum atomic E-state index is 11.9. The Morgan fingerprint density at radius 1 is 1.08 bits per heavy atom. The first-order valence-electron chi connectivity index (χ1n) is 7.86. The van der Waals surface area contributed by atoms with Gasteiger partial charge in [-0.2, -0.15) is 5.10 Å². The van der Waals surface area contributed by atoms with Crippen LogP contribution in [0.3, 0.4) is 0 Å². The zero-order valence-electron chi connectivity index (χ0n) is 14.4. The number of benzene rings is 2. The Morgan fingerprint density at radius 2 is 1.80 bits per heavy atom. The lowest BCUT2D eigenvalue weighted by molar-refractivity contribution is 0.0948. The second kappa shape index (κ2) is 6.78. The van der Waals surface area contributed by atoms with Crippen molar-refractivity contribution in [2.24, 2.45) is 5.84 Å². The van der Waals surface area contributed by atoms with Crippen LogP contribution >= 0.6 is 0 Å². The molecule has 0 saturated carbocycles. The van der Waals surface area contributed by atoms with Crippen LogP contribution < -0.4 is 16.0 Å². The monoisotopic (exact) mass is 336 g/mol. The van der Waals surface area contributed by atoms with Gasteiger partial charge in [-0.25, -0.2) is 10.5 Å². The Morgan fingerprint density at radius 3 is 2.40 bits per heavy atom. The van der Waals surface area contributed by atoms with E-state index in [9.17, 15) is 4.79 Å². The van der Waals surface area contributed by atoms with Gasteiger partial charge in [0.25, 0.3) is 5.91 Å². The van der Waals surface area contributed by atoms with Gasteiger partial charge >= 0.3 is 0 Å². The average Bonchev–Trinajstić information content (AvgIpc) is 3.08. The number of hydrazine groups is 1. The van der Waals surface area contributed by atoms with Crippen molar-refractivity contribution in [1.29, 1.82) is 0 Å². The van der Waals surface area contributed by atoms with Gasteiger partial charge in [-0.15, -0.1) is 0 Å². The highest BCUT2D eigenvalue weighted by molar-refractivity contribution is 5.93. The molecular formula is C19H20N4O2. The van der Waals surface area contributed by atoms with Crippen molar-refractivity contribution in [2.75, 3.05) is 7.11 Å². The third-order valence-corrected chi connectivity index (χ3v) is 4.19. The molecular weight excluding hydrogens is 316 g/mol. The Kier molecular flexibility index (Phi) is 4.54. The maximum Gasteiger partial charge on any atom is 0.285 e. The van der Waals surface area contributed by atoms with Crippen molar-refractivity contribution in [3.8, 4) is 22.7 Å². The van der Waals surface area contributed by atoms with E-state index in [1.165, 1.54) is 11.1 Å². The van der Waals surface area contributed by atoms with E-state index in [0.717, 1.165) is 22.7 Å². The standard InChI is InChI=1S/C19H20N4O2/c1-12-4-5-14(10-13(12)2)18-11-17(19(24)21-20)22-23(18)15-6-8-16(25-3)9-7-15/h4-11H,20H2,1-3H3,(H,21,24). The summed E-state index contributed by atoms with van der Waals surface area (Å²) in [6.07, 6.45) is 0. The number of carbonyl (C=O) groups is 1. The highest BCUT2D eigenvalue weighted by atomic mass is 16.5.